The van der Waals surface area contributed by atoms with Crippen LogP contribution in [-0.2, 0) is 11.2 Å². The van der Waals surface area contributed by atoms with Crippen LogP contribution in [0.3, 0.4) is 0 Å². The number of hydrogen-bond acceptors (Lipinski definition) is 4. The first kappa shape index (κ1) is 19.1. The smallest absolute Gasteiger partial charge is 0.237 e. The lowest BCUT2D eigenvalue weighted by Gasteiger charge is -2.26. The van der Waals surface area contributed by atoms with Crippen LogP contribution in [-0.4, -0.2) is 46.9 Å². The van der Waals surface area contributed by atoms with Crippen LogP contribution in [0.15, 0.2) is 34.9 Å². The minimum atomic E-state index is -0.244. The Labute approximate surface area is 165 Å². The van der Waals surface area contributed by atoms with Gasteiger partial charge in [0.05, 0.1) is 12.7 Å². The van der Waals surface area contributed by atoms with E-state index < -0.39 is 0 Å². The lowest BCUT2D eigenvalue weighted by atomic mass is 10.1. The van der Waals surface area contributed by atoms with E-state index in [1.54, 1.807) is 18.3 Å². The van der Waals surface area contributed by atoms with Crippen molar-refractivity contribution in [3.63, 3.8) is 0 Å². The number of rotatable bonds is 5. The summed E-state index contributed by atoms with van der Waals surface area (Å²) in [6, 6.07) is 6.34. The quantitative estimate of drug-likeness (QED) is 0.782. The van der Waals surface area contributed by atoms with Gasteiger partial charge in [-0.25, -0.2) is 9.37 Å². The summed E-state index contributed by atoms with van der Waals surface area (Å²) in [5.74, 6) is 1.31. The molecule has 0 N–H and O–H groups in total. The van der Waals surface area contributed by atoms with E-state index in [2.05, 4.69) is 9.88 Å². The van der Waals surface area contributed by atoms with Crippen molar-refractivity contribution in [1.82, 2.24) is 14.8 Å². The zero-order valence-corrected chi connectivity index (χ0v) is 16.3. The van der Waals surface area contributed by atoms with E-state index in [4.69, 9.17) is 4.42 Å². The van der Waals surface area contributed by atoms with Crippen LogP contribution < -0.4 is 0 Å². The van der Waals surface area contributed by atoms with Crippen LogP contribution in [0.25, 0.3) is 0 Å². The molecular formula is C22H28FN3O2. The maximum Gasteiger partial charge on any atom is 0.237 e. The summed E-state index contributed by atoms with van der Waals surface area (Å²) in [4.78, 5) is 21.6. The van der Waals surface area contributed by atoms with Gasteiger partial charge in [0, 0.05) is 13.0 Å². The predicted octanol–water partition coefficient (Wildman–Crippen LogP) is 3.94. The lowest BCUT2D eigenvalue weighted by Crippen LogP contribution is -2.40. The highest BCUT2D eigenvalue weighted by Crippen LogP contribution is 2.32. The number of benzene rings is 1. The van der Waals surface area contributed by atoms with Crippen molar-refractivity contribution >= 4 is 5.91 Å². The Morgan fingerprint density at radius 3 is 2.57 bits per heavy atom. The SMILES string of the molecule is O=C(CN1CCCCCC1)N1CCC[C@@H]1c1ncc(Cc2ccc(F)cc2)o1. The van der Waals surface area contributed by atoms with Crippen molar-refractivity contribution in [1.29, 1.82) is 0 Å². The number of carbonyl (C=O) groups is 1. The average molecular weight is 385 g/mol. The number of hydrogen-bond donors (Lipinski definition) is 0. The van der Waals surface area contributed by atoms with E-state index in [0.717, 1.165) is 43.8 Å². The lowest BCUT2D eigenvalue weighted by molar-refractivity contribution is -0.133. The minimum Gasteiger partial charge on any atom is -0.443 e. The standard InChI is InChI=1S/C22H28FN3O2/c23-18-9-7-17(8-10-18)14-19-15-24-22(28-19)20-6-5-13-26(20)21(27)16-25-11-3-1-2-4-12-25/h7-10,15,20H,1-6,11-14,16H2/t20-/m1/s1. The molecule has 0 unspecified atom stereocenters. The Morgan fingerprint density at radius 2 is 1.82 bits per heavy atom. The van der Waals surface area contributed by atoms with Gasteiger partial charge in [0.15, 0.2) is 0 Å². The number of carbonyl (C=O) groups excluding carboxylic acids is 1. The first-order valence-corrected chi connectivity index (χ1v) is 10.4. The molecule has 2 saturated heterocycles. The molecule has 1 aromatic heterocycles. The van der Waals surface area contributed by atoms with Gasteiger partial charge in [-0.15, -0.1) is 0 Å². The van der Waals surface area contributed by atoms with Crippen LogP contribution in [0.1, 0.15) is 61.8 Å². The Morgan fingerprint density at radius 1 is 1.07 bits per heavy atom. The number of likely N-dealkylation sites (tertiary alicyclic amines) is 2. The molecule has 0 spiro atoms. The zero-order valence-electron chi connectivity index (χ0n) is 16.3. The van der Waals surface area contributed by atoms with Crippen molar-refractivity contribution in [2.75, 3.05) is 26.2 Å². The summed E-state index contributed by atoms with van der Waals surface area (Å²) < 4.78 is 19.0. The average Bonchev–Trinajstić information content (AvgIpc) is 3.28. The van der Waals surface area contributed by atoms with Gasteiger partial charge < -0.3 is 9.32 Å². The molecule has 1 amide bonds. The van der Waals surface area contributed by atoms with Crippen molar-refractivity contribution in [2.24, 2.45) is 0 Å². The number of oxazole rings is 1. The van der Waals surface area contributed by atoms with Crippen LogP contribution in [0.4, 0.5) is 4.39 Å². The molecule has 1 atom stereocenters. The van der Waals surface area contributed by atoms with Crippen LogP contribution in [0.2, 0.25) is 0 Å². The third-order valence-electron chi connectivity index (χ3n) is 5.78. The predicted molar refractivity (Wildman–Crippen MR) is 104 cm³/mol. The first-order chi connectivity index (χ1) is 13.7. The molecule has 2 aromatic rings. The van der Waals surface area contributed by atoms with Crippen molar-refractivity contribution in [2.45, 2.75) is 51.0 Å². The molecule has 150 valence electrons. The normalized spacial score (nSPS) is 21.0. The molecule has 0 saturated carbocycles. The first-order valence-electron chi connectivity index (χ1n) is 10.4. The van der Waals surface area contributed by atoms with E-state index in [1.165, 1.54) is 37.8 Å². The van der Waals surface area contributed by atoms with Gasteiger partial charge >= 0.3 is 0 Å². The van der Waals surface area contributed by atoms with Gasteiger partial charge in [-0.3, -0.25) is 9.69 Å². The molecule has 0 aliphatic carbocycles. The molecule has 0 radical (unpaired) electrons. The molecule has 28 heavy (non-hydrogen) atoms. The van der Waals surface area contributed by atoms with E-state index in [9.17, 15) is 9.18 Å². The highest BCUT2D eigenvalue weighted by Gasteiger charge is 2.33. The molecule has 2 aliphatic rings. The fraction of sp³-hybridized carbons (Fsp3) is 0.545. The Kier molecular flexibility index (Phi) is 6.05. The molecule has 3 heterocycles. The van der Waals surface area contributed by atoms with Gasteiger partial charge in [0.25, 0.3) is 0 Å². The summed E-state index contributed by atoms with van der Waals surface area (Å²) >= 11 is 0. The van der Waals surface area contributed by atoms with E-state index >= 15 is 0 Å². The van der Waals surface area contributed by atoms with Gasteiger partial charge in [0.2, 0.25) is 11.8 Å². The second-order valence-electron chi connectivity index (χ2n) is 7.90. The van der Waals surface area contributed by atoms with Crippen molar-refractivity contribution in [3.05, 3.63) is 53.5 Å². The van der Waals surface area contributed by atoms with Crippen LogP contribution >= 0.6 is 0 Å². The molecule has 2 aliphatic heterocycles. The van der Waals surface area contributed by atoms with E-state index in [1.807, 2.05) is 4.90 Å². The number of aromatic nitrogens is 1. The van der Waals surface area contributed by atoms with E-state index in [0.29, 0.717) is 18.9 Å². The Hall–Kier alpha value is -2.21. The maximum absolute atomic E-state index is 13.1. The number of amides is 1. The van der Waals surface area contributed by atoms with Crippen molar-refractivity contribution < 1.29 is 13.6 Å². The molecular weight excluding hydrogens is 357 g/mol. The summed E-state index contributed by atoms with van der Waals surface area (Å²) in [7, 11) is 0. The van der Waals surface area contributed by atoms with Crippen LogP contribution in [0.5, 0.6) is 0 Å². The fourth-order valence-electron chi connectivity index (χ4n) is 4.26. The summed E-state index contributed by atoms with van der Waals surface area (Å²) in [5, 5.41) is 0. The Balaban J connectivity index is 1.39. The zero-order chi connectivity index (χ0) is 19.3. The summed E-state index contributed by atoms with van der Waals surface area (Å²) in [5.41, 5.74) is 0.976. The monoisotopic (exact) mass is 385 g/mol. The second-order valence-corrected chi connectivity index (χ2v) is 7.90. The van der Waals surface area contributed by atoms with Crippen molar-refractivity contribution in [3.8, 4) is 0 Å². The fourth-order valence-corrected chi connectivity index (χ4v) is 4.26. The third kappa shape index (κ3) is 4.61. The largest absolute Gasteiger partial charge is 0.443 e. The molecule has 6 heteroatoms. The summed E-state index contributed by atoms with van der Waals surface area (Å²) in [6.07, 6.45) is 9.07. The molecule has 0 bridgehead atoms. The second kappa shape index (κ2) is 8.86. The van der Waals surface area contributed by atoms with Gasteiger partial charge in [-0.05, 0) is 56.5 Å². The highest BCUT2D eigenvalue weighted by molar-refractivity contribution is 5.79. The Bertz CT molecular complexity index is 781. The summed E-state index contributed by atoms with van der Waals surface area (Å²) in [6.45, 7) is 3.31. The van der Waals surface area contributed by atoms with Gasteiger partial charge in [-0.1, -0.05) is 25.0 Å². The molecule has 1 aromatic carbocycles. The van der Waals surface area contributed by atoms with E-state index in [-0.39, 0.29) is 17.8 Å². The molecule has 5 nitrogen and oxygen atoms in total. The molecule has 2 fully saturated rings. The van der Waals surface area contributed by atoms with Gasteiger partial charge in [0.1, 0.15) is 17.6 Å². The number of nitrogens with zero attached hydrogens (tertiary/aromatic N) is 3. The maximum atomic E-state index is 13.1. The minimum absolute atomic E-state index is 0.0681. The highest BCUT2D eigenvalue weighted by atomic mass is 19.1. The topological polar surface area (TPSA) is 49.6 Å². The molecule has 4 rings (SSSR count). The van der Waals surface area contributed by atoms with Crippen LogP contribution in [0, 0.1) is 5.82 Å². The third-order valence-corrected chi connectivity index (χ3v) is 5.78. The van der Waals surface area contributed by atoms with Gasteiger partial charge in [-0.2, -0.15) is 0 Å². The number of halogens is 1.